The first-order valence-electron chi connectivity index (χ1n) is 8.16. The number of hydrogen-bond acceptors (Lipinski definition) is 4. The van der Waals surface area contributed by atoms with Crippen LogP contribution in [-0.4, -0.2) is 71.5 Å². The molecule has 0 spiro atoms. The molecule has 0 radical (unpaired) electrons. The predicted molar refractivity (Wildman–Crippen MR) is 116 cm³/mol. The summed E-state index contributed by atoms with van der Waals surface area (Å²) in [4.78, 5) is 6.47. The number of aliphatic imine (C=N–C) groups is 1. The van der Waals surface area contributed by atoms with Gasteiger partial charge in [-0.15, -0.1) is 24.0 Å². The summed E-state index contributed by atoms with van der Waals surface area (Å²) in [5, 5.41) is 7.22. The molecule has 0 saturated carbocycles. The second kappa shape index (κ2) is 15.5. The topological polar surface area (TPSA) is 58.1 Å². The molecule has 144 valence electrons. The lowest BCUT2D eigenvalue weighted by Gasteiger charge is -2.18. The quantitative estimate of drug-likeness (QED) is 0.219. The van der Waals surface area contributed by atoms with Crippen molar-refractivity contribution < 1.29 is 9.47 Å². The summed E-state index contributed by atoms with van der Waals surface area (Å²) in [6, 6.07) is 7.34. The van der Waals surface area contributed by atoms with Gasteiger partial charge in [-0.3, -0.25) is 4.99 Å². The van der Waals surface area contributed by atoms with Crippen LogP contribution in [0.15, 0.2) is 29.3 Å². The Labute approximate surface area is 173 Å². The van der Waals surface area contributed by atoms with E-state index in [1.165, 1.54) is 0 Å². The van der Waals surface area contributed by atoms with Gasteiger partial charge in [-0.05, 0) is 37.7 Å². The number of hydrogen-bond donors (Lipinski definition) is 2. The highest BCUT2D eigenvalue weighted by molar-refractivity contribution is 14.0. The Morgan fingerprint density at radius 1 is 1.12 bits per heavy atom. The van der Waals surface area contributed by atoms with Crippen LogP contribution in [0.1, 0.15) is 6.42 Å². The number of likely N-dealkylation sites (N-methyl/N-ethyl adjacent to an activating group) is 1. The van der Waals surface area contributed by atoms with Gasteiger partial charge in [0.2, 0.25) is 0 Å². The van der Waals surface area contributed by atoms with Crippen molar-refractivity contribution in [2.24, 2.45) is 4.99 Å². The van der Waals surface area contributed by atoms with Crippen LogP contribution in [0.3, 0.4) is 0 Å². The molecule has 0 aromatic heterocycles. The Balaban J connectivity index is 0.00000576. The summed E-state index contributed by atoms with van der Waals surface area (Å²) < 4.78 is 10.7. The first kappa shape index (κ1) is 24.2. The van der Waals surface area contributed by atoms with Crippen LogP contribution in [0.2, 0.25) is 5.02 Å². The molecular formula is C17H30ClIN4O2. The van der Waals surface area contributed by atoms with Crippen LogP contribution in [0.25, 0.3) is 0 Å². The lowest BCUT2D eigenvalue weighted by atomic mass is 10.3. The van der Waals surface area contributed by atoms with Gasteiger partial charge in [0, 0.05) is 45.4 Å². The standard InChI is InChI=1S/C17H29ClN4O2.HI/c1-19-17(20-9-12-22(2)11-4-13-23-3)21-10-14-24-16-7-5-15(18)6-8-16;/h5-8H,4,9-14H2,1-3H3,(H2,19,20,21);1H. The summed E-state index contributed by atoms with van der Waals surface area (Å²) in [5.74, 6) is 1.59. The SMILES string of the molecule is CN=C(NCCOc1ccc(Cl)cc1)NCCN(C)CCCOC.I. The molecule has 0 aliphatic heterocycles. The van der Waals surface area contributed by atoms with Gasteiger partial charge < -0.3 is 25.0 Å². The molecule has 0 unspecified atom stereocenters. The van der Waals surface area contributed by atoms with Crippen LogP contribution in [0.4, 0.5) is 0 Å². The van der Waals surface area contributed by atoms with E-state index in [-0.39, 0.29) is 24.0 Å². The fourth-order valence-electron chi connectivity index (χ4n) is 2.05. The van der Waals surface area contributed by atoms with Gasteiger partial charge in [-0.1, -0.05) is 11.6 Å². The maximum Gasteiger partial charge on any atom is 0.191 e. The molecule has 0 amide bonds. The zero-order valence-electron chi connectivity index (χ0n) is 15.3. The number of rotatable bonds is 11. The number of benzene rings is 1. The smallest absolute Gasteiger partial charge is 0.191 e. The summed E-state index contributed by atoms with van der Waals surface area (Å²) in [6.45, 7) is 4.84. The van der Waals surface area contributed by atoms with Gasteiger partial charge >= 0.3 is 0 Å². The number of ether oxygens (including phenoxy) is 2. The molecule has 6 nitrogen and oxygen atoms in total. The fourth-order valence-corrected chi connectivity index (χ4v) is 2.17. The van der Waals surface area contributed by atoms with E-state index in [1.54, 1.807) is 14.2 Å². The maximum absolute atomic E-state index is 5.84. The van der Waals surface area contributed by atoms with Crippen molar-refractivity contribution in [2.45, 2.75) is 6.42 Å². The number of methoxy groups -OCH3 is 1. The first-order valence-corrected chi connectivity index (χ1v) is 8.54. The van der Waals surface area contributed by atoms with E-state index in [0.717, 1.165) is 44.4 Å². The summed E-state index contributed by atoms with van der Waals surface area (Å²) >= 11 is 5.84. The van der Waals surface area contributed by atoms with E-state index < -0.39 is 0 Å². The summed E-state index contributed by atoms with van der Waals surface area (Å²) in [6.07, 6.45) is 1.04. The average molecular weight is 485 g/mol. The monoisotopic (exact) mass is 484 g/mol. The van der Waals surface area contributed by atoms with Gasteiger partial charge in [-0.25, -0.2) is 0 Å². The van der Waals surface area contributed by atoms with E-state index in [0.29, 0.717) is 18.2 Å². The van der Waals surface area contributed by atoms with Crippen molar-refractivity contribution in [1.29, 1.82) is 0 Å². The van der Waals surface area contributed by atoms with Crippen LogP contribution < -0.4 is 15.4 Å². The minimum absolute atomic E-state index is 0. The highest BCUT2D eigenvalue weighted by Gasteiger charge is 2.01. The second-order valence-electron chi connectivity index (χ2n) is 5.38. The molecule has 0 bridgehead atoms. The molecule has 0 aliphatic carbocycles. The predicted octanol–water partition coefficient (Wildman–Crippen LogP) is 2.47. The lowest BCUT2D eigenvalue weighted by Crippen LogP contribution is -2.42. The van der Waals surface area contributed by atoms with E-state index >= 15 is 0 Å². The Kier molecular flexibility index (Phi) is 15.0. The molecule has 0 atom stereocenters. The Morgan fingerprint density at radius 2 is 1.80 bits per heavy atom. The second-order valence-corrected chi connectivity index (χ2v) is 5.81. The fraction of sp³-hybridized carbons (Fsp3) is 0.588. The number of nitrogens with one attached hydrogen (secondary N) is 2. The van der Waals surface area contributed by atoms with Crippen molar-refractivity contribution in [1.82, 2.24) is 15.5 Å². The third kappa shape index (κ3) is 12.3. The van der Waals surface area contributed by atoms with Gasteiger partial charge in [0.25, 0.3) is 0 Å². The minimum Gasteiger partial charge on any atom is -0.492 e. The molecule has 25 heavy (non-hydrogen) atoms. The number of guanidine groups is 1. The molecule has 1 aromatic carbocycles. The molecule has 2 N–H and O–H groups in total. The lowest BCUT2D eigenvalue weighted by molar-refractivity contribution is 0.180. The zero-order valence-corrected chi connectivity index (χ0v) is 18.3. The number of nitrogens with zero attached hydrogens (tertiary/aromatic N) is 2. The molecule has 8 heteroatoms. The van der Waals surface area contributed by atoms with Crippen molar-refractivity contribution in [3.05, 3.63) is 29.3 Å². The Morgan fingerprint density at radius 3 is 2.44 bits per heavy atom. The van der Waals surface area contributed by atoms with Crippen LogP contribution in [-0.2, 0) is 4.74 Å². The van der Waals surface area contributed by atoms with Crippen molar-refractivity contribution in [3.63, 3.8) is 0 Å². The largest absolute Gasteiger partial charge is 0.492 e. The van der Waals surface area contributed by atoms with Crippen LogP contribution >= 0.6 is 35.6 Å². The highest BCUT2D eigenvalue weighted by Crippen LogP contribution is 2.14. The number of halogens is 2. The van der Waals surface area contributed by atoms with Gasteiger partial charge in [0.15, 0.2) is 5.96 Å². The van der Waals surface area contributed by atoms with Crippen LogP contribution in [0.5, 0.6) is 5.75 Å². The first-order chi connectivity index (χ1) is 11.7. The average Bonchev–Trinajstić information content (AvgIpc) is 2.59. The van der Waals surface area contributed by atoms with Gasteiger partial charge in [0.1, 0.15) is 12.4 Å². The summed E-state index contributed by atoms with van der Waals surface area (Å²) in [7, 11) is 5.60. The Hall–Kier alpha value is -0.770. The molecule has 0 saturated heterocycles. The molecular weight excluding hydrogens is 455 g/mol. The van der Waals surface area contributed by atoms with Crippen molar-refractivity contribution >= 4 is 41.5 Å². The van der Waals surface area contributed by atoms with E-state index in [4.69, 9.17) is 21.1 Å². The van der Waals surface area contributed by atoms with Crippen LogP contribution in [0, 0.1) is 0 Å². The van der Waals surface area contributed by atoms with E-state index in [1.807, 2.05) is 24.3 Å². The summed E-state index contributed by atoms with van der Waals surface area (Å²) in [5.41, 5.74) is 0. The molecule has 0 fully saturated rings. The van der Waals surface area contributed by atoms with E-state index in [2.05, 4.69) is 27.6 Å². The molecule has 0 heterocycles. The molecule has 1 aromatic rings. The third-order valence-corrected chi connectivity index (χ3v) is 3.63. The highest BCUT2D eigenvalue weighted by atomic mass is 127. The zero-order chi connectivity index (χ0) is 17.6. The van der Waals surface area contributed by atoms with Gasteiger partial charge in [0.05, 0.1) is 6.54 Å². The minimum atomic E-state index is 0. The normalized spacial score (nSPS) is 11.2. The van der Waals surface area contributed by atoms with Crippen molar-refractivity contribution in [2.75, 3.05) is 60.6 Å². The van der Waals surface area contributed by atoms with Gasteiger partial charge in [-0.2, -0.15) is 0 Å². The molecule has 1 rings (SSSR count). The maximum atomic E-state index is 5.84. The third-order valence-electron chi connectivity index (χ3n) is 3.37. The Bertz CT molecular complexity index is 474. The van der Waals surface area contributed by atoms with Crippen molar-refractivity contribution in [3.8, 4) is 5.75 Å². The van der Waals surface area contributed by atoms with E-state index in [9.17, 15) is 0 Å². The molecule has 0 aliphatic rings.